The van der Waals surface area contributed by atoms with E-state index in [-0.39, 0.29) is 11.6 Å². The van der Waals surface area contributed by atoms with Crippen LogP contribution in [-0.4, -0.2) is 12.6 Å². The Morgan fingerprint density at radius 3 is 2.61 bits per heavy atom. The second-order valence-corrected chi connectivity index (χ2v) is 4.33. The van der Waals surface area contributed by atoms with Crippen LogP contribution in [0.3, 0.4) is 0 Å². The van der Waals surface area contributed by atoms with Crippen LogP contribution in [0.15, 0.2) is 18.2 Å². The van der Waals surface area contributed by atoms with E-state index in [9.17, 15) is 17.6 Å². The molecule has 100 valence electrons. The first-order chi connectivity index (χ1) is 8.39. The van der Waals surface area contributed by atoms with Gasteiger partial charge in [-0.2, -0.15) is 13.2 Å². The van der Waals surface area contributed by atoms with Crippen LogP contribution in [0.25, 0.3) is 0 Å². The molecular formula is C12H13F4NO. The van der Waals surface area contributed by atoms with E-state index in [1.165, 1.54) is 6.07 Å². The van der Waals surface area contributed by atoms with Gasteiger partial charge in [0.15, 0.2) is 0 Å². The average Bonchev–Trinajstić information content (AvgIpc) is 2.29. The van der Waals surface area contributed by atoms with Crippen LogP contribution in [0.5, 0.6) is 0 Å². The Labute approximate surface area is 102 Å². The quantitative estimate of drug-likeness (QED) is 0.790. The fourth-order valence-corrected chi connectivity index (χ4v) is 2.08. The fourth-order valence-electron chi connectivity index (χ4n) is 2.08. The number of alkyl halides is 3. The van der Waals surface area contributed by atoms with Crippen molar-refractivity contribution in [1.29, 1.82) is 0 Å². The van der Waals surface area contributed by atoms with Crippen molar-refractivity contribution in [2.75, 3.05) is 6.61 Å². The lowest BCUT2D eigenvalue weighted by Crippen LogP contribution is -2.34. The Morgan fingerprint density at radius 1 is 1.28 bits per heavy atom. The topological polar surface area (TPSA) is 35.2 Å². The normalized spacial score (nSPS) is 25.2. The summed E-state index contributed by atoms with van der Waals surface area (Å²) in [7, 11) is 0. The number of nitrogens with two attached hydrogens (primary N) is 1. The molecule has 0 spiro atoms. The van der Waals surface area contributed by atoms with Crippen molar-refractivity contribution < 1.29 is 22.3 Å². The highest BCUT2D eigenvalue weighted by Crippen LogP contribution is 2.35. The molecule has 2 atom stereocenters. The zero-order valence-corrected chi connectivity index (χ0v) is 9.51. The molecule has 0 aromatic heterocycles. The Bertz CT molecular complexity index is 433. The van der Waals surface area contributed by atoms with Gasteiger partial charge in [-0.25, -0.2) is 4.39 Å². The minimum absolute atomic E-state index is 0.274. The predicted octanol–water partition coefficient (Wildman–Crippen LogP) is 3.02. The zero-order valence-electron chi connectivity index (χ0n) is 9.51. The third-order valence-corrected chi connectivity index (χ3v) is 2.99. The summed E-state index contributed by atoms with van der Waals surface area (Å²) >= 11 is 0. The average molecular weight is 263 g/mol. The van der Waals surface area contributed by atoms with Crippen LogP contribution >= 0.6 is 0 Å². The van der Waals surface area contributed by atoms with Crippen LogP contribution < -0.4 is 5.73 Å². The van der Waals surface area contributed by atoms with E-state index in [1.807, 2.05) is 0 Å². The van der Waals surface area contributed by atoms with Crippen molar-refractivity contribution in [3.8, 4) is 0 Å². The number of hydrogen-bond donors (Lipinski definition) is 1. The molecule has 1 aromatic rings. The molecule has 1 fully saturated rings. The number of rotatable bonds is 1. The standard InChI is InChI=1S/C12H13F4NO/c13-9-4-3-7(6-8(9)12(14,15)16)11-10(17)2-1-5-18-11/h3-4,6,10-11H,1-2,5,17H2. The molecule has 0 radical (unpaired) electrons. The van der Waals surface area contributed by atoms with E-state index >= 15 is 0 Å². The number of halogens is 4. The molecule has 1 aliphatic heterocycles. The summed E-state index contributed by atoms with van der Waals surface area (Å²) in [4.78, 5) is 0. The van der Waals surface area contributed by atoms with Crippen LogP contribution in [-0.2, 0) is 10.9 Å². The van der Waals surface area contributed by atoms with Crippen LogP contribution in [0, 0.1) is 5.82 Å². The van der Waals surface area contributed by atoms with E-state index in [4.69, 9.17) is 10.5 Å². The lowest BCUT2D eigenvalue weighted by molar-refractivity contribution is -0.140. The summed E-state index contributed by atoms with van der Waals surface area (Å²) in [6.45, 7) is 0.455. The van der Waals surface area contributed by atoms with Gasteiger partial charge in [-0.05, 0) is 30.5 Å². The van der Waals surface area contributed by atoms with Gasteiger partial charge in [-0.1, -0.05) is 6.07 Å². The lowest BCUT2D eigenvalue weighted by atomic mass is 9.95. The molecule has 0 saturated carbocycles. The van der Waals surface area contributed by atoms with Gasteiger partial charge in [0.05, 0.1) is 11.7 Å². The lowest BCUT2D eigenvalue weighted by Gasteiger charge is -2.29. The molecule has 0 amide bonds. The summed E-state index contributed by atoms with van der Waals surface area (Å²) in [5.74, 6) is -1.28. The maximum Gasteiger partial charge on any atom is 0.419 e. The Balaban J connectivity index is 2.34. The van der Waals surface area contributed by atoms with Crippen molar-refractivity contribution in [3.63, 3.8) is 0 Å². The minimum Gasteiger partial charge on any atom is -0.372 e. The van der Waals surface area contributed by atoms with E-state index < -0.39 is 23.7 Å². The Morgan fingerprint density at radius 2 is 2.00 bits per heavy atom. The fraction of sp³-hybridized carbons (Fsp3) is 0.500. The minimum atomic E-state index is -4.71. The van der Waals surface area contributed by atoms with Crippen molar-refractivity contribution in [2.45, 2.75) is 31.2 Å². The highest BCUT2D eigenvalue weighted by Gasteiger charge is 2.35. The molecule has 0 aliphatic carbocycles. The molecular weight excluding hydrogens is 250 g/mol. The Hall–Kier alpha value is -1.14. The third kappa shape index (κ3) is 2.64. The van der Waals surface area contributed by atoms with Crippen molar-refractivity contribution in [1.82, 2.24) is 0 Å². The van der Waals surface area contributed by atoms with E-state index in [1.54, 1.807) is 0 Å². The summed E-state index contributed by atoms with van der Waals surface area (Å²) in [6, 6.07) is 2.53. The number of benzene rings is 1. The van der Waals surface area contributed by atoms with Gasteiger partial charge in [-0.3, -0.25) is 0 Å². The number of ether oxygens (including phenoxy) is 1. The van der Waals surface area contributed by atoms with Gasteiger partial charge in [0, 0.05) is 12.6 Å². The van der Waals surface area contributed by atoms with E-state index in [2.05, 4.69) is 0 Å². The second kappa shape index (κ2) is 4.85. The first-order valence-electron chi connectivity index (χ1n) is 5.63. The van der Waals surface area contributed by atoms with Gasteiger partial charge in [0.25, 0.3) is 0 Å². The summed E-state index contributed by atoms with van der Waals surface area (Å²) in [5.41, 5.74) is 4.81. The molecule has 0 bridgehead atoms. The summed E-state index contributed by atoms with van der Waals surface area (Å²) in [5, 5.41) is 0. The van der Waals surface area contributed by atoms with Crippen molar-refractivity contribution in [3.05, 3.63) is 35.1 Å². The van der Waals surface area contributed by atoms with Gasteiger partial charge >= 0.3 is 6.18 Å². The molecule has 1 saturated heterocycles. The molecule has 1 aliphatic rings. The maximum atomic E-state index is 13.1. The summed E-state index contributed by atoms with van der Waals surface area (Å²) in [6.07, 6.45) is -3.84. The van der Waals surface area contributed by atoms with Crippen LogP contribution in [0.4, 0.5) is 17.6 Å². The first-order valence-corrected chi connectivity index (χ1v) is 5.63. The highest BCUT2D eigenvalue weighted by atomic mass is 19.4. The molecule has 2 rings (SSSR count). The Kier molecular flexibility index (Phi) is 3.59. The third-order valence-electron chi connectivity index (χ3n) is 2.99. The van der Waals surface area contributed by atoms with Gasteiger partial charge in [0.1, 0.15) is 5.82 Å². The highest BCUT2D eigenvalue weighted by molar-refractivity contribution is 5.29. The number of hydrogen-bond acceptors (Lipinski definition) is 2. The van der Waals surface area contributed by atoms with Gasteiger partial charge in [0.2, 0.25) is 0 Å². The molecule has 2 unspecified atom stereocenters. The first kappa shape index (κ1) is 13.3. The molecule has 2 N–H and O–H groups in total. The molecule has 2 nitrogen and oxygen atoms in total. The zero-order chi connectivity index (χ0) is 13.3. The molecule has 18 heavy (non-hydrogen) atoms. The van der Waals surface area contributed by atoms with Crippen LogP contribution in [0.2, 0.25) is 0 Å². The molecule has 1 aromatic carbocycles. The van der Waals surface area contributed by atoms with E-state index in [0.29, 0.717) is 13.0 Å². The maximum absolute atomic E-state index is 13.1. The monoisotopic (exact) mass is 263 g/mol. The smallest absolute Gasteiger partial charge is 0.372 e. The molecule has 6 heteroatoms. The second-order valence-electron chi connectivity index (χ2n) is 4.33. The van der Waals surface area contributed by atoms with Gasteiger partial charge < -0.3 is 10.5 Å². The summed E-state index contributed by atoms with van der Waals surface area (Å²) < 4.78 is 56.2. The largest absolute Gasteiger partial charge is 0.419 e. The van der Waals surface area contributed by atoms with Gasteiger partial charge in [-0.15, -0.1) is 0 Å². The predicted molar refractivity (Wildman–Crippen MR) is 57.3 cm³/mol. The SMILES string of the molecule is NC1CCCOC1c1ccc(F)c(C(F)(F)F)c1. The van der Waals surface area contributed by atoms with Crippen molar-refractivity contribution >= 4 is 0 Å². The van der Waals surface area contributed by atoms with E-state index in [0.717, 1.165) is 18.6 Å². The van der Waals surface area contributed by atoms with Crippen molar-refractivity contribution in [2.24, 2.45) is 5.73 Å². The molecule has 1 heterocycles. The van der Waals surface area contributed by atoms with Crippen LogP contribution in [0.1, 0.15) is 30.1 Å².